The number of amides is 1. The Morgan fingerprint density at radius 1 is 1.26 bits per heavy atom. The van der Waals surface area contributed by atoms with Crippen molar-refractivity contribution in [2.45, 2.75) is 19.9 Å². The van der Waals surface area contributed by atoms with Crippen molar-refractivity contribution in [1.29, 1.82) is 0 Å². The highest BCUT2D eigenvalue weighted by molar-refractivity contribution is 14.0. The maximum atomic E-state index is 13.1. The topological polar surface area (TPSA) is 96.2 Å². The number of hydrogen-bond acceptors (Lipinski definition) is 4. The van der Waals surface area contributed by atoms with E-state index in [1.807, 2.05) is 14.0 Å². The van der Waals surface area contributed by atoms with Gasteiger partial charge in [0.2, 0.25) is 5.91 Å². The molecule has 10 heteroatoms. The number of rotatable bonds is 8. The fourth-order valence-corrected chi connectivity index (χ4v) is 2.23. The van der Waals surface area contributed by atoms with Crippen LogP contribution in [0.5, 0.6) is 0 Å². The zero-order chi connectivity index (χ0) is 18.8. The van der Waals surface area contributed by atoms with Crippen molar-refractivity contribution in [3.8, 4) is 0 Å². The lowest BCUT2D eigenvalue weighted by atomic mass is 10.1. The number of carbonyl (C=O) groups is 1. The molecule has 0 saturated carbocycles. The molecule has 0 radical (unpaired) electrons. The summed E-state index contributed by atoms with van der Waals surface area (Å²) in [6, 6.07) is 6.03. The zero-order valence-corrected chi connectivity index (χ0v) is 17.7. The Bertz CT molecular complexity index is 750. The number of guanidine groups is 1. The maximum absolute atomic E-state index is 13.1. The van der Waals surface area contributed by atoms with E-state index in [4.69, 9.17) is 0 Å². The minimum absolute atomic E-state index is 0. The number of halogens is 2. The predicted octanol–water partition coefficient (Wildman–Crippen LogP) is 0.986. The standard InChI is InChI=1S/C17H24FN7O.HI/c1-3-19-17(22-11-15-23-12-24-25(15)2)21-8-7-20-16(26)10-13-5-4-6-14(18)9-13;/h4-6,9,12H,3,7-8,10-11H2,1-2H3,(H,20,26)(H2,19,21,22);1H. The van der Waals surface area contributed by atoms with Crippen LogP contribution in [-0.4, -0.2) is 46.3 Å². The number of carbonyl (C=O) groups excluding carboxylic acids is 1. The second kappa shape index (κ2) is 12.2. The van der Waals surface area contributed by atoms with Gasteiger partial charge < -0.3 is 16.0 Å². The molecule has 0 unspecified atom stereocenters. The first-order chi connectivity index (χ1) is 12.6. The summed E-state index contributed by atoms with van der Waals surface area (Å²) in [4.78, 5) is 20.4. The van der Waals surface area contributed by atoms with E-state index in [9.17, 15) is 9.18 Å². The molecule has 0 fully saturated rings. The summed E-state index contributed by atoms with van der Waals surface area (Å²) in [6.07, 6.45) is 1.64. The molecule has 0 aliphatic carbocycles. The average molecular weight is 489 g/mol. The van der Waals surface area contributed by atoms with Gasteiger partial charge in [-0.2, -0.15) is 5.10 Å². The van der Waals surface area contributed by atoms with E-state index in [1.54, 1.807) is 16.8 Å². The molecule has 8 nitrogen and oxygen atoms in total. The number of nitrogens with zero attached hydrogens (tertiary/aromatic N) is 4. The summed E-state index contributed by atoms with van der Waals surface area (Å²) in [6.45, 7) is 4.04. The van der Waals surface area contributed by atoms with Crippen LogP contribution in [0.3, 0.4) is 0 Å². The summed E-state index contributed by atoms with van der Waals surface area (Å²) >= 11 is 0. The lowest BCUT2D eigenvalue weighted by Crippen LogP contribution is -2.41. The summed E-state index contributed by atoms with van der Waals surface area (Å²) in [5, 5.41) is 13.1. The highest BCUT2D eigenvalue weighted by Crippen LogP contribution is 2.03. The van der Waals surface area contributed by atoms with Crippen LogP contribution in [0.4, 0.5) is 4.39 Å². The molecule has 3 N–H and O–H groups in total. The van der Waals surface area contributed by atoms with E-state index in [0.717, 1.165) is 12.4 Å². The predicted molar refractivity (Wildman–Crippen MR) is 112 cm³/mol. The molecule has 0 saturated heterocycles. The number of aromatic nitrogens is 3. The van der Waals surface area contributed by atoms with Gasteiger partial charge in [-0.1, -0.05) is 12.1 Å². The van der Waals surface area contributed by atoms with Crippen LogP contribution in [-0.2, 0) is 24.8 Å². The third-order valence-corrected chi connectivity index (χ3v) is 3.52. The van der Waals surface area contributed by atoms with E-state index in [-0.39, 0.29) is 42.1 Å². The third-order valence-electron chi connectivity index (χ3n) is 3.52. The van der Waals surface area contributed by atoms with Crippen molar-refractivity contribution in [1.82, 2.24) is 30.7 Å². The molecule has 0 aliphatic heterocycles. The summed E-state index contributed by atoms with van der Waals surface area (Å²) in [7, 11) is 1.81. The molecule has 0 atom stereocenters. The van der Waals surface area contributed by atoms with Crippen LogP contribution in [0.15, 0.2) is 35.6 Å². The van der Waals surface area contributed by atoms with Gasteiger partial charge >= 0.3 is 0 Å². The fraction of sp³-hybridized carbons (Fsp3) is 0.412. The van der Waals surface area contributed by atoms with Crippen molar-refractivity contribution in [2.75, 3.05) is 19.6 Å². The van der Waals surface area contributed by atoms with E-state index in [2.05, 4.69) is 31.0 Å². The highest BCUT2D eigenvalue weighted by Gasteiger charge is 2.05. The third kappa shape index (κ3) is 8.33. The Morgan fingerprint density at radius 3 is 2.70 bits per heavy atom. The SMILES string of the molecule is CCNC(=NCc1ncnn1C)NCCNC(=O)Cc1cccc(F)c1.I. The molecular formula is C17H25FIN7O. The van der Waals surface area contributed by atoms with Crippen LogP contribution in [0.25, 0.3) is 0 Å². The van der Waals surface area contributed by atoms with Gasteiger partial charge in [0, 0.05) is 26.7 Å². The number of benzene rings is 1. The Kier molecular flexibility index (Phi) is 10.3. The van der Waals surface area contributed by atoms with Crippen LogP contribution in [0.1, 0.15) is 18.3 Å². The molecule has 1 heterocycles. The lowest BCUT2D eigenvalue weighted by molar-refractivity contribution is -0.120. The molecule has 1 aromatic carbocycles. The fourth-order valence-electron chi connectivity index (χ4n) is 2.23. The number of aryl methyl sites for hydroxylation is 1. The summed E-state index contributed by atoms with van der Waals surface area (Å²) < 4.78 is 14.8. The zero-order valence-electron chi connectivity index (χ0n) is 15.4. The first-order valence-electron chi connectivity index (χ1n) is 8.44. The Morgan fingerprint density at radius 2 is 2.04 bits per heavy atom. The van der Waals surface area contributed by atoms with Crippen LogP contribution < -0.4 is 16.0 Å². The summed E-state index contributed by atoms with van der Waals surface area (Å²) in [5.41, 5.74) is 0.647. The van der Waals surface area contributed by atoms with Crippen LogP contribution >= 0.6 is 24.0 Å². The molecule has 148 valence electrons. The van der Waals surface area contributed by atoms with Crippen molar-refractivity contribution < 1.29 is 9.18 Å². The van der Waals surface area contributed by atoms with Crippen LogP contribution in [0, 0.1) is 5.82 Å². The molecule has 0 aliphatic rings. The molecule has 1 amide bonds. The van der Waals surface area contributed by atoms with Gasteiger partial charge in [-0.05, 0) is 24.6 Å². The second-order valence-electron chi connectivity index (χ2n) is 5.58. The number of hydrogen-bond donors (Lipinski definition) is 3. The molecule has 0 spiro atoms. The van der Waals surface area contributed by atoms with Crippen molar-refractivity contribution in [3.63, 3.8) is 0 Å². The Labute approximate surface area is 175 Å². The monoisotopic (exact) mass is 489 g/mol. The van der Waals surface area contributed by atoms with E-state index in [1.165, 1.54) is 18.5 Å². The van der Waals surface area contributed by atoms with Gasteiger partial charge in [0.1, 0.15) is 24.5 Å². The largest absolute Gasteiger partial charge is 0.357 e. The molecule has 27 heavy (non-hydrogen) atoms. The lowest BCUT2D eigenvalue weighted by Gasteiger charge is -2.12. The quantitative estimate of drug-likeness (QED) is 0.223. The maximum Gasteiger partial charge on any atom is 0.224 e. The van der Waals surface area contributed by atoms with Crippen molar-refractivity contribution >= 4 is 35.8 Å². The number of aliphatic imine (C=N–C) groups is 1. The first kappa shape index (κ1) is 22.8. The first-order valence-corrected chi connectivity index (χ1v) is 8.44. The normalized spacial score (nSPS) is 10.9. The molecule has 1 aromatic heterocycles. The average Bonchev–Trinajstić information content (AvgIpc) is 3.01. The second-order valence-corrected chi connectivity index (χ2v) is 5.58. The highest BCUT2D eigenvalue weighted by atomic mass is 127. The Balaban J connectivity index is 0.00000364. The van der Waals surface area contributed by atoms with Gasteiger partial charge in [-0.25, -0.2) is 14.4 Å². The van der Waals surface area contributed by atoms with E-state index >= 15 is 0 Å². The van der Waals surface area contributed by atoms with Gasteiger partial charge in [-0.15, -0.1) is 24.0 Å². The van der Waals surface area contributed by atoms with Crippen molar-refractivity contribution in [2.24, 2.45) is 12.0 Å². The van der Waals surface area contributed by atoms with Gasteiger partial charge in [-0.3, -0.25) is 9.48 Å². The molecule has 2 aromatic rings. The molecule has 2 rings (SSSR count). The minimum atomic E-state index is -0.341. The van der Waals surface area contributed by atoms with Crippen molar-refractivity contribution in [3.05, 3.63) is 47.8 Å². The van der Waals surface area contributed by atoms with E-state index in [0.29, 0.717) is 31.2 Å². The van der Waals surface area contributed by atoms with E-state index < -0.39 is 0 Å². The van der Waals surface area contributed by atoms with Crippen LogP contribution in [0.2, 0.25) is 0 Å². The Hall–Kier alpha value is -2.24. The molecule has 0 bridgehead atoms. The summed E-state index contributed by atoms with van der Waals surface area (Å²) in [5.74, 6) is 0.894. The van der Waals surface area contributed by atoms with Gasteiger partial charge in [0.05, 0.1) is 6.42 Å². The number of nitrogens with one attached hydrogen (secondary N) is 3. The molecular weight excluding hydrogens is 464 g/mol. The minimum Gasteiger partial charge on any atom is -0.357 e. The van der Waals surface area contributed by atoms with Gasteiger partial charge in [0.25, 0.3) is 0 Å². The van der Waals surface area contributed by atoms with Gasteiger partial charge in [0.15, 0.2) is 5.96 Å². The smallest absolute Gasteiger partial charge is 0.224 e.